The maximum absolute atomic E-state index is 14.4. The minimum Gasteiger partial charge on any atom is -0.497 e. The summed E-state index contributed by atoms with van der Waals surface area (Å²) in [5, 5.41) is 5.98. The van der Waals surface area contributed by atoms with Gasteiger partial charge in [-0.15, -0.1) is 0 Å². The van der Waals surface area contributed by atoms with Gasteiger partial charge in [0.15, 0.2) is 0 Å². The summed E-state index contributed by atoms with van der Waals surface area (Å²) in [7, 11) is 1.53. The summed E-state index contributed by atoms with van der Waals surface area (Å²) < 4.78 is 19.5. The molecule has 1 aliphatic heterocycles. The Kier molecular flexibility index (Phi) is 7.03. The van der Waals surface area contributed by atoms with Crippen LogP contribution in [0.25, 0.3) is 0 Å². The van der Waals surface area contributed by atoms with E-state index in [0.29, 0.717) is 43.4 Å². The van der Waals surface area contributed by atoms with Gasteiger partial charge in [-0.1, -0.05) is 6.07 Å². The maximum atomic E-state index is 14.4. The molecule has 1 aliphatic rings. The zero-order chi connectivity index (χ0) is 21.6. The van der Waals surface area contributed by atoms with Gasteiger partial charge < -0.3 is 15.4 Å². The Bertz CT molecular complexity index is 891. The van der Waals surface area contributed by atoms with Crippen LogP contribution < -0.4 is 15.4 Å². The Morgan fingerprint density at radius 2 is 2.20 bits per heavy atom. The summed E-state index contributed by atoms with van der Waals surface area (Å²) in [6.45, 7) is 1.94. The lowest BCUT2D eigenvalue weighted by atomic mass is 9.84. The fourth-order valence-electron chi connectivity index (χ4n) is 3.94. The van der Waals surface area contributed by atoms with Crippen molar-refractivity contribution in [2.45, 2.75) is 57.0 Å². The molecule has 0 spiro atoms. The van der Waals surface area contributed by atoms with E-state index in [1.54, 1.807) is 18.3 Å². The molecule has 2 amide bonds. The third kappa shape index (κ3) is 5.78. The summed E-state index contributed by atoms with van der Waals surface area (Å²) in [4.78, 5) is 28.7. The molecule has 1 saturated heterocycles. The standard InChI is InChI=1S/C23H28FN3O3/c1-16(13-18-5-3-4-12-25-18)26-21(28)8-10-23(11-9-22(29)27-23)15-17-14-19(30-2)6-7-20(17)24/h3-7,12,14,16H,8-11,13,15H2,1-2H3,(H,26,28)(H,27,29). The van der Waals surface area contributed by atoms with Gasteiger partial charge in [-0.05, 0) is 62.1 Å². The smallest absolute Gasteiger partial charge is 0.220 e. The van der Waals surface area contributed by atoms with Gasteiger partial charge in [-0.2, -0.15) is 0 Å². The van der Waals surface area contributed by atoms with Crippen molar-refractivity contribution >= 4 is 11.8 Å². The zero-order valence-corrected chi connectivity index (χ0v) is 17.4. The highest BCUT2D eigenvalue weighted by molar-refractivity contribution is 5.80. The largest absolute Gasteiger partial charge is 0.497 e. The number of rotatable bonds is 9. The molecular formula is C23H28FN3O3. The number of hydrogen-bond acceptors (Lipinski definition) is 4. The van der Waals surface area contributed by atoms with Gasteiger partial charge in [0.1, 0.15) is 11.6 Å². The monoisotopic (exact) mass is 413 g/mol. The number of carbonyl (C=O) groups is 2. The van der Waals surface area contributed by atoms with Crippen molar-refractivity contribution in [2.75, 3.05) is 7.11 Å². The normalized spacial score (nSPS) is 19.2. The number of benzene rings is 1. The zero-order valence-electron chi connectivity index (χ0n) is 17.4. The summed E-state index contributed by atoms with van der Waals surface area (Å²) >= 11 is 0. The van der Waals surface area contributed by atoms with Crippen LogP contribution in [-0.2, 0) is 22.4 Å². The highest BCUT2D eigenvalue weighted by atomic mass is 19.1. The van der Waals surface area contributed by atoms with E-state index >= 15 is 0 Å². The molecule has 0 radical (unpaired) electrons. The Balaban J connectivity index is 1.61. The van der Waals surface area contributed by atoms with Crippen LogP contribution in [0.4, 0.5) is 4.39 Å². The van der Waals surface area contributed by atoms with E-state index in [4.69, 9.17) is 4.74 Å². The highest BCUT2D eigenvalue weighted by Crippen LogP contribution is 2.31. The number of carbonyl (C=O) groups excluding carboxylic acids is 2. The van der Waals surface area contributed by atoms with Crippen molar-refractivity contribution in [3.8, 4) is 5.75 Å². The molecule has 7 heteroatoms. The number of aromatic nitrogens is 1. The molecule has 2 atom stereocenters. The first-order valence-electron chi connectivity index (χ1n) is 10.2. The molecule has 30 heavy (non-hydrogen) atoms. The van der Waals surface area contributed by atoms with E-state index in [1.165, 1.54) is 13.2 Å². The molecule has 160 valence electrons. The first kappa shape index (κ1) is 21.7. The first-order valence-corrected chi connectivity index (χ1v) is 10.2. The van der Waals surface area contributed by atoms with Crippen LogP contribution in [0, 0.1) is 5.82 Å². The van der Waals surface area contributed by atoms with Crippen LogP contribution >= 0.6 is 0 Å². The third-order valence-corrected chi connectivity index (χ3v) is 5.50. The molecule has 1 aromatic carbocycles. The van der Waals surface area contributed by atoms with Gasteiger partial charge in [-0.3, -0.25) is 14.6 Å². The van der Waals surface area contributed by atoms with Crippen molar-refractivity contribution in [3.05, 3.63) is 59.7 Å². The lowest BCUT2D eigenvalue weighted by Crippen LogP contribution is -2.45. The molecule has 1 fully saturated rings. The lowest BCUT2D eigenvalue weighted by Gasteiger charge is -2.30. The second-order valence-electron chi connectivity index (χ2n) is 7.96. The second-order valence-corrected chi connectivity index (χ2v) is 7.96. The van der Waals surface area contributed by atoms with Crippen molar-refractivity contribution < 1.29 is 18.7 Å². The molecule has 0 saturated carbocycles. The SMILES string of the molecule is COc1ccc(F)c(CC2(CCC(=O)NC(C)Cc3ccccn3)CCC(=O)N2)c1. The minimum absolute atomic E-state index is 0.0580. The van der Waals surface area contributed by atoms with Crippen LogP contribution in [0.5, 0.6) is 5.75 Å². The number of halogens is 1. The van der Waals surface area contributed by atoms with Crippen molar-refractivity contribution in [3.63, 3.8) is 0 Å². The first-order chi connectivity index (χ1) is 14.4. The molecule has 2 unspecified atom stereocenters. The summed E-state index contributed by atoms with van der Waals surface area (Å²) in [6, 6.07) is 10.2. The lowest BCUT2D eigenvalue weighted by molar-refractivity contribution is -0.123. The van der Waals surface area contributed by atoms with Gasteiger partial charge in [0.25, 0.3) is 0 Å². The van der Waals surface area contributed by atoms with Gasteiger partial charge in [0.2, 0.25) is 11.8 Å². The van der Waals surface area contributed by atoms with E-state index in [2.05, 4.69) is 15.6 Å². The van der Waals surface area contributed by atoms with Gasteiger partial charge in [0, 0.05) is 42.7 Å². The van der Waals surface area contributed by atoms with E-state index in [0.717, 1.165) is 5.69 Å². The fourth-order valence-corrected chi connectivity index (χ4v) is 3.94. The van der Waals surface area contributed by atoms with Crippen LogP contribution in [0.2, 0.25) is 0 Å². The molecule has 0 bridgehead atoms. The maximum Gasteiger partial charge on any atom is 0.220 e. The number of nitrogens with zero attached hydrogens (tertiary/aromatic N) is 1. The molecule has 1 aromatic heterocycles. The van der Waals surface area contributed by atoms with Crippen LogP contribution in [0.15, 0.2) is 42.6 Å². The predicted molar refractivity (Wildman–Crippen MR) is 112 cm³/mol. The average Bonchev–Trinajstić information content (AvgIpc) is 3.09. The number of ether oxygens (including phenoxy) is 1. The second kappa shape index (κ2) is 9.69. The van der Waals surface area contributed by atoms with E-state index in [1.807, 2.05) is 25.1 Å². The number of amides is 2. The van der Waals surface area contributed by atoms with Crippen molar-refractivity contribution in [1.29, 1.82) is 0 Å². The highest BCUT2D eigenvalue weighted by Gasteiger charge is 2.38. The van der Waals surface area contributed by atoms with E-state index < -0.39 is 5.54 Å². The van der Waals surface area contributed by atoms with Crippen molar-refractivity contribution in [2.24, 2.45) is 0 Å². The number of pyridine rings is 1. The van der Waals surface area contributed by atoms with Crippen molar-refractivity contribution in [1.82, 2.24) is 15.6 Å². The molecule has 2 heterocycles. The fraction of sp³-hybridized carbons (Fsp3) is 0.435. The van der Waals surface area contributed by atoms with Gasteiger partial charge >= 0.3 is 0 Å². The van der Waals surface area contributed by atoms with E-state index in [-0.39, 0.29) is 30.1 Å². The topological polar surface area (TPSA) is 80.3 Å². The molecule has 0 aliphatic carbocycles. The number of methoxy groups -OCH3 is 1. The number of hydrogen-bond donors (Lipinski definition) is 2. The van der Waals surface area contributed by atoms with Crippen LogP contribution in [0.1, 0.15) is 43.9 Å². The van der Waals surface area contributed by atoms with Crippen LogP contribution in [0.3, 0.4) is 0 Å². The third-order valence-electron chi connectivity index (χ3n) is 5.50. The Morgan fingerprint density at radius 3 is 2.87 bits per heavy atom. The molecule has 3 rings (SSSR count). The van der Waals surface area contributed by atoms with Gasteiger partial charge in [0.05, 0.1) is 7.11 Å². The quantitative estimate of drug-likeness (QED) is 0.662. The van der Waals surface area contributed by atoms with E-state index in [9.17, 15) is 14.0 Å². The molecule has 2 N–H and O–H groups in total. The Morgan fingerprint density at radius 1 is 1.37 bits per heavy atom. The summed E-state index contributed by atoms with van der Waals surface area (Å²) in [5.74, 6) is 0.0593. The number of nitrogens with one attached hydrogen (secondary N) is 2. The summed E-state index contributed by atoms with van der Waals surface area (Å²) in [5.41, 5.74) is 0.755. The predicted octanol–water partition coefficient (Wildman–Crippen LogP) is 2.95. The average molecular weight is 413 g/mol. The molecule has 6 nitrogen and oxygen atoms in total. The minimum atomic E-state index is -0.633. The Labute approximate surface area is 176 Å². The summed E-state index contributed by atoms with van der Waals surface area (Å²) in [6.07, 6.45) is 4.33. The van der Waals surface area contributed by atoms with Crippen LogP contribution in [-0.4, -0.2) is 35.5 Å². The molecule has 2 aromatic rings. The van der Waals surface area contributed by atoms with Gasteiger partial charge in [-0.25, -0.2) is 4.39 Å². The molecular weight excluding hydrogens is 385 g/mol. The Hall–Kier alpha value is -2.96.